The van der Waals surface area contributed by atoms with E-state index in [0.717, 1.165) is 16.6 Å². The molecule has 0 radical (unpaired) electrons. The van der Waals surface area contributed by atoms with E-state index in [1.807, 2.05) is 94.6 Å². The van der Waals surface area contributed by atoms with Crippen LogP contribution in [-0.4, -0.2) is 26.8 Å². The molecule has 0 bridgehead atoms. The van der Waals surface area contributed by atoms with E-state index in [1.165, 1.54) is 23.5 Å². The number of hydrogen-bond acceptors (Lipinski definition) is 5. The van der Waals surface area contributed by atoms with Crippen LogP contribution in [0.3, 0.4) is 0 Å². The topological polar surface area (TPSA) is 70.2 Å². The summed E-state index contributed by atoms with van der Waals surface area (Å²) in [4.78, 5) is 1.11. The summed E-state index contributed by atoms with van der Waals surface area (Å²) >= 11 is -0.359. The van der Waals surface area contributed by atoms with E-state index in [4.69, 9.17) is 9.31 Å². The fourth-order valence-corrected chi connectivity index (χ4v) is 7.08. The fourth-order valence-electron chi connectivity index (χ4n) is 5.11. The average molecular weight is 583 g/mol. The first-order valence-electron chi connectivity index (χ1n) is 13.3. The molecule has 1 atom stereocenters. The number of rotatable bonds is 5. The minimum absolute atomic E-state index is 0.414. The van der Waals surface area contributed by atoms with Crippen LogP contribution in [0.5, 0.6) is 0 Å². The lowest BCUT2D eigenvalue weighted by Gasteiger charge is -2.32. The van der Waals surface area contributed by atoms with Crippen molar-refractivity contribution >= 4 is 46.2 Å². The van der Waals surface area contributed by atoms with E-state index < -0.39 is 35.5 Å². The zero-order valence-electron chi connectivity index (χ0n) is 23.4. The summed E-state index contributed by atoms with van der Waals surface area (Å²) in [5.74, 6) is -0.414. The van der Waals surface area contributed by atoms with Gasteiger partial charge in [0.1, 0.15) is 33.8 Å². The van der Waals surface area contributed by atoms with Crippen LogP contribution in [0.15, 0.2) is 83.1 Å². The maximum atomic E-state index is 14.8. The molecule has 5 aromatic rings. The van der Waals surface area contributed by atoms with Gasteiger partial charge in [-0.25, -0.2) is 4.39 Å². The van der Waals surface area contributed by atoms with Crippen LogP contribution in [0, 0.1) is 24.1 Å². The van der Waals surface area contributed by atoms with Crippen molar-refractivity contribution in [3.05, 3.63) is 94.4 Å². The molecule has 206 valence electrons. The molecule has 0 N–H and O–H groups in total. The predicted octanol–water partition coefficient (Wildman–Crippen LogP) is 7.23. The van der Waals surface area contributed by atoms with Crippen LogP contribution in [-0.2, 0) is 20.7 Å². The van der Waals surface area contributed by atoms with Crippen LogP contribution >= 0.6 is 11.3 Å². The van der Waals surface area contributed by atoms with Crippen molar-refractivity contribution in [1.82, 2.24) is 3.97 Å². The number of nitriles is 1. The summed E-state index contributed by atoms with van der Waals surface area (Å²) in [7, 11) is -0.600. The van der Waals surface area contributed by atoms with E-state index in [1.54, 1.807) is 10.0 Å². The molecule has 1 saturated heterocycles. The molecular formula is C32H28BFN2O3S2. The van der Waals surface area contributed by atoms with E-state index in [-0.39, 0.29) is 0 Å². The Morgan fingerprint density at radius 3 is 2.37 bits per heavy atom. The number of aryl methyl sites for hydroxylation is 1. The number of hydrogen-bond donors (Lipinski definition) is 0. The van der Waals surface area contributed by atoms with Gasteiger partial charge in [-0.05, 0) is 81.9 Å². The number of benzene rings is 3. The van der Waals surface area contributed by atoms with E-state index >= 15 is 0 Å². The quantitative estimate of drug-likeness (QED) is 0.162. The second-order valence-electron chi connectivity index (χ2n) is 11.2. The summed E-state index contributed by atoms with van der Waals surface area (Å²) in [6, 6.07) is 23.9. The van der Waals surface area contributed by atoms with Gasteiger partial charge in [0.05, 0.1) is 16.7 Å². The summed E-state index contributed by atoms with van der Waals surface area (Å²) in [6.45, 7) is 10.0. The molecule has 9 heteroatoms. The van der Waals surface area contributed by atoms with Crippen LogP contribution in [0.1, 0.15) is 38.1 Å². The number of fused-ring (bicyclic) bond motifs is 1. The minimum atomic E-state index is -1.68. The molecular weight excluding hydrogens is 554 g/mol. The van der Waals surface area contributed by atoms with Crippen LogP contribution in [0.2, 0.25) is 0 Å². The molecule has 1 unspecified atom stereocenters. The van der Waals surface area contributed by atoms with Crippen molar-refractivity contribution in [3.8, 4) is 28.5 Å². The van der Waals surface area contributed by atoms with E-state index in [9.17, 15) is 14.2 Å². The Hall–Kier alpha value is -3.39. The summed E-state index contributed by atoms with van der Waals surface area (Å²) in [6.07, 6.45) is 0. The lowest BCUT2D eigenvalue weighted by Crippen LogP contribution is -2.41. The van der Waals surface area contributed by atoms with Gasteiger partial charge in [-0.3, -0.25) is 0 Å². The van der Waals surface area contributed by atoms with Gasteiger partial charge in [0.15, 0.2) is 4.90 Å². The highest BCUT2D eigenvalue weighted by Crippen LogP contribution is 2.45. The highest BCUT2D eigenvalue weighted by molar-refractivity contribution is 7.90. The number of aromatic nitrogens is 1. The summed E-state index contributed by atoms with van der Waals surface area (Å²) < 4.78 is 43.6. The summed E-state index contributed by atoms with van der Waals surface area (Å²) in [5, 5.41) is 12.4. The molecule has 5 nitrogen and oxygen atoms in total. The zero-order chi connectivity index (χ0) is 29.1. The van der Waals surface area contributed by atoms with Gasteiger partial charge < -0.3 is 13.9 Å². The Labute approximate surface area is 246 Å². The molecule has 3 aromatic carbocycles. The standard InChI is InChI=1S/C32H28BFN2O3S2/c1-20-9-12-24(13-10-20)41(37)36-27-14-11-23(34)18-26(27)29(25-15-16-40-28(25)19-35)30(36)21-7-6-8-22(17-21)33-38-31(2,3)32(4,5)39-33/h6-18H,1-5H3. The van der Waals surface area contributed by atoms with Gasteiger partial charge in [0, 0.05) is 22.1 Å². The van der Waals surface area contributed by atoms with Crippen molar-refractivity contribution < 1.29 is 18.3 Å². The normalized spacial score (nSPS) is 16.7. The molecule has 0 amide bonds. The first-order chi connectivity index (χ1) is 19.5. The maximum absolute atomic E-state index is 14.8. The second kappa shape index (κ2) is 10.2. The average Bonchev–Trinajstić information content (AvgIpc) is 3.60. The molecule has 0 saturated carbocycles. The fraction of sp³-hybridized carbons (Fsp3) is 0.219. The highest BCUT2D eigenvalue weighted by atomic mass is 32.2. The van der Waals surface area contributed by atoms with Crippen LogP contribution < -0.4 is 5.46 Å². The second-order valence-corrected chi connectivity index (χ2v) is 13.5. The molecule has 1 fully saturated rings. The Morgan fingerprint density at radius 1 is 0.976 bits per heavy atom. The van der Waals surface area contributed by atoms with Gasteiger partial charge in [0.2, 0.25) is 0 Å². The minimum Gasteiger partial charge on any atom is -0.587 e. The largest absolute Gasteiger partial charge is 0.587 e. The Bertz CT molecular complexity index is 1810. The van der Waals surface area contributed by atoms with Gasteiger partial charge in [-0.2, -0.15) is 9.23 Å². The van der Waals surface area contributed by atoms with E-state index in [0.29, 0.717) is 37.5 Å². The SMILES string of the molecule is Cc1ccc([S+]([O-])n2c(-c3cccc(B4OC(C)(C)C(C)(C)O4)c3)c(-c3ccsc3C#N)c3cc(F)ccc32)cc1. The third-order valence-corrected chi connectivity index (χ3v) is 10.2. The Balaban J connectivity index is 1.64. The first-order valence-corrected chi connectivity index (χ1v) is 15.3. The molecule has 3 heterocycles. The van der Waals surface area contributed by atoms with Gasteiger partial charge in [-0.1, -0.05) is 42.0 Å². The molecule has 1 aliphatic heterocycles. The van der Waals surface area contributed by atoms with Crippen LogP contribution in [0.4, 0.5) is 4.39 Å². The van der Waals surface area contributed by atoms with Crippen molar-refractivity contribution in [1.29, 1.82) is 5.26 Å². The van der Waals surface area contributed by atoms with Crippen LogP contribution in [0.25, 0.3) is 33.3 Å². The first kappa shape index (κ1) is 27.8. The molecule has 6 rings (SSSR count). The molecule has 0 aliphatic carbocycles. The summed E-state index contributed by atoms with van der Waals surface area (Å²) in [5.41, 5.74) is 4.13. The van der Waals surface area contributed by atoms with Crippen molar-refractivity contribution in [2.45, 2.75) is 50.7 Å². The van der Waals surface area contributed by atoms with Crippen molar-refractivity contribution in [2.24, 2.45) is 0 Å². The van der Waals surface area contributed by atoms with Crippen molar-refractivity contribution in [2.75, 3.05) is 0 Å². The maximum Gasteiger partial charge on any atom is 0.494 e. The van der Waals surface area contributed by atoms with E-state index in [2.05, 4.69) is 6.07 Å². The lowest BCUT2D eigenvalue weighted by atomic mass is 9.78. The Morgan fingerprint density at radius 2 is 1.68 bits per heavy atom. The third-order valence-electron chi connectivity index (χ3n) is 8.00. The molecule has 2 aromatic heterocycles. The zero-order valence-corrected chi connectivity index (χ0v) is 25.0. The van der Waals surface area contributed by atoms with Gasteiger partial charge in [0.25, 0.3) is 0 Å². The number of halogens is 1. The van der Waals surface area contributed by atoms with Gasteiger partial charge in [-0.15, -0.1) is 11.3 Å². The Kier molecular flexibility index (Phi) is 6.88. The monoisotopic (exact) mass is 582 g/mol. The molecule has 41 heavy (non-hydrogen) atoms. The predicted molar refractivity (Wildman–Crippen MR) is 164 cm³/mol. The number of nitrogens with zero attached hydrogens (tertiary/aromatic N) is 2. The lowest BCUT2D eigenvalue weighted by molar-refractivity contribution is 0.00578. The molecule has 1 aliphatic rings. The van der Waals surface area contributed by atoms with Gasteiger partial charge >= 0.3 is 7.12 Å². The third kappa shape index (κ3) is 4.70. The smallest absolute Gasteiger partial charge is 0.494 e. The van der Waals surface area contributed by atoms with Crippen molar-refractivity contribution in [3.63, 3.8) is 0 Å². The highest BCUT2D eigenvalue weighted by Gasteiger charge is 2.51. The number of thiophene rings is 1. The molecule has 0 spiro atoms.